The molecule has 0 aromatic heterocycles. The summed E-state index contributed by atoms with van der Waals surface area (Å²) >= 11 is 0. The fourth-order valence-corrected chi connectivity index (χ4v) is 1.89. The van der Waals surface area contributed by atoms with Crippen LogP contribution in [0.1, 0.15) is 0 Å². The average molecular weight is 289 g/mol. The number of hydrogen-bond donors (Lipinski definition) is 2. The fraction of sp³-hybridized carbons (Fsp3) is 0.417. The van der Waals surface area contributed by atoms with Crippen LogP contribution in [0.5, 0.6) is 0 Å². The van der Waals surface area contributed by atoms with E-state index in [-0.39, 0.29) is 13.1 Å². The second-order valence-corrected chi connectivity index (χ2v) is 4.21. The molecule has 1 aromatic carbocycles. The normalized spacial score (nSPS) is 19.8. The highest BCUT2D eigenvalue weighted by atomic mass is 19.4. The zero-order chi connectivity index (χ0) is 14.6. The van der Waals surface area contributed by atoms with E-state index in [1.54, 1.807) is 30.3 Å². The van der Waals surface area contributed by atoms with Crippen molar-refractivity contribution >= 4 is 11.7 Å². The van der Waals surface area contributed by atoms with Gasteiger partial charge in [-0.15, -0.1) is 13.2 Å². The Kier molecular flexibility index (Phi) is 4.46. The summed E-state index contributed by atoms with van der Waals surface area (Å²) in [7, 11) is 0. The van der Waals surface area contributed by atoms with Gasteiger partial charge in [-0.05, 0) is 12.1 Å². The van der Waals surface area contributed by atoms with Gasteiger partial charge in [-0.3, -0.25) is 9.64 Å². The number of alkyl halides is 3. The van der Waals surface area contributed by atoms with Crippen molar-refractivity contribution in [3.63, 3.8) is 0 Å². The number of piperazine rings is 1. The Morgan fingerprint density at radius 2 is 2.05 bits per heavy atom. The lowest BCUT2D eigenvalue weighted by molar-refractivity contribution is -0.356. The number of ether oxygens (including phenoxy) is 1. The van der Waals surface area contributed by atoms with Crippen molar-refractivity contribution in [2.75, 3.05) is 25.0 Å². The van der Waals surface area contributed by atoms with Crippen molar-refractivity contribution in [1.29, 1.82) is 0 Å². The fourth-order valence-electron chi connectivity index (χ4n) is 1.89. The largest absolute Gasteiger partial charge is 0.524 e. The van der Waals surface area contributed by atoms with Gasteiger partial charge in [-0.1, -0.05) is 18.2 Å². The minimum atomic E-state index is -4.78. The van der Waals surface area contributed by atoms with Gasteiger partial charge in [-0.25, -0.2) is 4.79 Å². The monoisotopic (exact) mass is 289 g/mol. The molecule has 0 saturated carbocycles. The first-order valence-electron chi connectivity index (χ1n) is 6.03. The Hall–Kier alpha value is -1.80. The molecule has 5 nitrogen and oxygen atoms in total. The van der Waals surface area contributed by atoms with Crippen molar-refractivity contribution in [3.8, 4) is 0 Å². The van der Waals surface area contributed by atoms with Crippen LogP contribution < -0.4 is 10.6 Å². The molecule has 1 aromatic rings. The molecule has 1 fully saturated rings. The first-order chi connectivity index (χ1) is 9.46. The van der Waals surface area contributed by atoms with Crippen LogP contribution in [0.4, 0.5) is 23.7 Å². The van der Waals surface area contributed by atoms with E-state index in [1.807, 2.05) is 0 Å². The van der Waals surface area contributed by atoms with Gasteiger partial charge in [0.2, 0.25) is 0 Å². The predicted molar refractivity (Wildman–Crippen MR) is 66.0 cm³/mol. The van der Waals surface area contributed by atoms with Crippen LogP contribution in [0.25, 0.3) is 0 Å². The van der Waals surface area contributed by atoms with Gasteiger partial charge in [0.25, 0.3) is 0 Å². The van der Waals surface area contributed by atoms with E-state index >= 15 is 0 Å². The highest BCUT2D eigenvalue weighted by Crippen LogP contribution is 2.21. The number of halogens is 3. The van der Waals surface area contributed by atoms with Gasteiger partial charge >= 0.3 is 12.4 Å². The van der Waals surface area contributed by atoms with E-state index < -0.39 is 18.6 Å². The molecular formula is C12H14F3N3O2. The minimum Gasteiger partial charge on any atom is -0.311 e. The maximum absolute atomic E-state index is 12.3. The molecule has 0 aliphatic carbocycles. The molecule has 1 heterocycles. The molecule has 0 spiro atoms. The van der Waals surface area contributed by atoms with Crippen molar-refractivity contribution in [1.82, 2.24) is 10.2 Å². The molecule has 20 heavy (non-hydrogen) atoms. The molecule has 110 valence electrons. The molecule has 0 radical (unpaired) electrons. The quantitative estimate of drug-likeness (QED) is 0.875. The maximum atomic E-state index is 12.3. The zero-order valence-electron chi connectivity index (χ0n) is 10.5. The third kappa shape index (κ3) is 4.10. The third-order valence-corrected chi connectivity index (χ3v) is 2.75. The number of hydrogen-bond acceptors (Lipinski definition) is 3. The SMILES string of the molecule is O=C(Nc1ccccc1)N1CCNCC1OC(F)(F)F. The second kappa shape index (κ2) is 6.10. The molecule has 2 N–H and O–H groups in total. The lowest BCUT2D eigenvalue weighted by Crippen LogP contribution is -2.57. The van der Waals surface area contributed by atoms with E-state index in [2.05, 4.69) is 15.4 Å². The molecule has 1 atom stereocenters. The molecule has 1 aliphatic heterocycles. The van der Waals surface area contributed by atoms with Gasteiger partial charge < -0.3 is 10.6 Å². The lowest BCUT2D eigenvalue weighted by Gasteiger charge is -2.35. The van der Waals surface area contributed by atoms with E-state index in [4.69, 9.17) is 0 Å². The number of carbonyl (C=O) groups excluding carboxylic acids is 1. The number of benzene rings is 1. The van der Waals surface area contributed by atoms with Gasteiger partial charge in [0, 0.05) is 25.3 Å². The van der Waals surface area contributed by atoms with Crippen molar-refractivity contribution in [3.05, 3.63) is 30.3 Å². The Balaban J connectivity index is 2.02. The average Bonchev–Trinajstić information content (AvgIpc) is 2.38. The summed E-state index contributed by atoms with van der Waals surface area (Å²) in [6.45, 7) is 0.487. The number of anilines is 1. The first kappa shape index (κ1) is 14.6. The van der Waals surface area contributed by atoms with Crippen molar-refractivity contribution in [2.45, 2.75) is 12.6 Å². The predicted octanol–water partition coefficient (Wildman–Crippen LogP) is 1.99. The van der Waals surface area contributed by atoms with Crippen LogP contribution >= 0.6 is 0 Å². The number of urea groups is 1. The van der Waals surface area contributed by atoms with Crippen LogP contribution in [-0.2, 0) is 4.74 Å². The van der Waals surface area contributed by atoms with E-state index in [9.17, 15) is 18.0 Å². The number of nitrogens with one attached hydrogen (secondary N) is 2. The number of amides is 2. The first-order valence-corrected chi connectivity index (χ1v) is 6.03. The molecule has 1 unspecified atom stereocenters. The Bertz CT molecular complexity index is 453. The maximum Gasteiger partial charge on any atom is 0.524 e. The Morgan fingerprint density at radius 1 is 1.35 bits per heavy atom. The summed E-state index contributed by atoms with van der Waals surface area (Å²) in [5, 5.41) is 5.30. The van der Waals surface area contributed by atoms with Crippen LogP contribution in [0.3, 0.4) is 0 Å². The minimum absolute atomic E-state index is 0.0677. The molecule has 0 bridgehead atoms. The number of carbonyl (C=O) groups is 1. The highest BCUT2D eigenvalue weighted by Gasteiger charge is 2.38. The summed E-state index contributed by atoms with van der Waals surface area (Å²) in [5.74, 6) is 0. The Morgan fingerprint density at radius 3 is 2.70 bits per heavy atom. The summed E-state index contributed by atoms with van der Waals surface area (Å²) in [4.78, 5) is 13.0. The third-order valence-electron chi connectivity index (χ3n) is 2.75. The molecule has 1 aliphatic rings. The van der Waals surface area contributed by atoms with E-state index in [0.29, 0.717) is 12.2 Å². The standard InChI is InChI=1S/C12H14F3N3O2/c13-12(14,15)20-10-8-16-6-7-18(10)11(19)17-9-4-2-1-3-5-9/h1-5,10,16H,6-8H2,(H,17,19). The van der Waals surface area contributed by atoms with Crippen LogP contribution in [0.15, 0.2) is 30.3 Å². The number of rotatable bonds is 2. The van der Waals surface area contributed by atoms with E-state index in [0.717, 1.165) is 4.90 Å². The van der Waals surface area contributed by atoms with Crippen molar-refractivity contribution < 1.29 is 22.7 Å². The molecule has 8 heteroatoms. The second-order valence-electron chi connectivity index (χ2n) is 4.21. The van der Waals surface area contributed by atoms with Crippen LogP contribution in [0.2, 0.25) is 0 Å². The summed E-state index contributed by atoms with van der Waals surface area (Å²) in [6, 6.07) is 7.90. The number of nitrogens with zero attached hydrogens (tertiary/aromatic N) is 1. The molecule has 2 amide bonds. The summed E-state index contributed by atoms with van der Waals surface area (Å²) in [6.07, 6.45) is -6.15. The summed E-state index contributed by atoms with van der Waals surface area (Å²) < 4.78 is 40.8. The highest BCUT2D eigenvalue weighted by molar-refractivity contribution is 5.89. The van der Waals surface area contributed by atoms with Gasteiger partial charge in [0.1, 0.15) is 0 Å². The van der Waals surface area contributed by atoms with Gasteiger partial charge in [-0.2, -0.15) is 0 Å². The summed E-state index contributed by atoms with van der Waals surface area (Å²) in [5.41, 5.74) is 0.516. The molecule has 2 rings (SSSR count). The smallest absolute Gasteiger partial charge is 0.311 e. The van der Waals surface area contributed by atoms with Crippen LogP contribution in [0, 0.1) is 0 Å². The Labute approximate surface area is 113 Å². The van der Waals surface area contributed by atoms with Gasteiger partial charge in [0.15, 0.2) is 6.23 Å². The zero-order valence-corrected chi connectivity index (χ0v) is 10.5. The lowest BCUT2D eigenvalue weighted by atomic mass is 10.3. The van der Waals surface area contributed by atoms with Gasteiger partial charge in [0.05, 0.1) is 0 Å². The molecule has 1 saturated heterocycles. The topological polar surface area (TPSA) is 53.6 Å². The van der Waals surface area contributed by atoms with Crippen LogP contribution in [-0.4, -0.2) is 43.2 Å². The molecular weight excluding hydrogens is 275 g/mol. The van der Waals surface area contributed by atoms with E-state index in [1.165, 1.54) is 0 Å². The number of para-hydroxylation sites is 1. The van der Waals surface area contributed by atoms with Crippen molar-refractivity contribution in [2.24, 2.45) is 0 Å².